The first-order valence-corrected chi connectivity index (χ1v) is 7.88. The smallest absolute Gasteiger partial charge is 0.194 e. The van der Waals surface area contributed by atoms with Crippen molar-refractivity contribution in [2.75, 3.05) is 7.05 Å². The molecule has 0 aromatic carbocycles. The summed E-state index contributed by atoms with van der Waals surface area (Å²) in [5.74, 6) is 0. The first kappa shape index (κ1) is 9.98. The van der Waals surface area contributed by atoms with E-state index < -0.39 is 0 Å². The first-order valence-electron chi connectivity index (χ1n) is 7.06. The van der Waals surface area contributed by atoms with Gasteiger partial charge in [0.15, 0.2) is 4.96 Å². The molecule has 1 fully saturated rings. The lowest BCUT2D eigenvalue weighted by Gasteiger charge is -2.30. The number of nitrogens with zero attached hydrogens (tertiary/aromatic N) is 3. The van der Waals surface area contributed by atoms with E-state index in [2.05, 4.69) is 16.3 Å². The van der Waals surface area contributed by atoms with Gasteiger partial charge in [0.05, 0.1) is 17.4 Å². The minimum absolute atomic E-state index is 0.632. The van der Waals surface area contributed by atoms with Crippen molar-refractivity contribution < 1.29 is 0 Å². The Balaban J connectivity index is 1.83. The van der Waals surface area contributed by atoms with E-state index in [1.807, 2.05) is 11.3 Å². The fraction of sp³-hybridized carbons (Fsp3) is 0.643. The van der Waals surface area contributed by atoms with Gasteiger partial charge in [-0.05, 0) is 39.2 Å². The SMILES string of the molecule is CN1C2CCC1c1c(nc3sc4c(n13)CCC4)C2. The maximum atomic E-state index is 4.95. The van der Waals surface area contributed by atoms with Gasteiger partial charge in [-0.25, -0.2) is 4.98 Å². The van der Waals surface area contributed by atoms with Gasteiger partial charge < -0.3 is 0 Å². The molecule has 3 nitrogen and oxygen atoms in total. The van der Waals surface area contributed by atoms with Crippen molar-refractivity contribution in [2.45, 2.75) is 50.6 Å². The van der Waals surface area contributed by atoms with Gasteiger partial charge in [-0.15, -0.1) is 11.3 Å². The molecule has 2 aromatic heterocycles. The van der Waals surface area contributed by atoms with E-state index in [0.29, 0.717) is 6.04 Å². The fourth-order valence-corrected chi connectivity index (χ4v) is 5.48. The van der Waals surface area contributed by atoms with Crippen LogP contribution in [0.3, 0.4) is 0 Å². The summed E-state index contributed by atoms with van der Waals surface area (Å²) in [7, 11) is 2.30. The number of rotatable bonds is 0. The van der Waals surface area contributed by atoms with E-state index >= 15 is 0 Å². The normalized spacial score (nSPS) is 30.1. The standard InChI is InChI=1S/C14H17N3S/c1-16-8-5-6-11(16)13-9(7-8)15-14-17(13)10-3-2-4-12(10)18-14/h8,11H,2-7H2,1H3. The van der Waals surface area contributed by atoms with Crippen molar-refractivity contribution >= 4 is 16.3 Å². The highest BCUT2D eigenvalue weighted by Gasteiger charge is 2.41. The third-order valence-electron chi connectivity index (χ3n) is 5.17. The lowest BCUT2D eigenvalue weighted by atomic mass is 10.0. The van der Waals surface area contributed by atoms with E-state index in [9.17, 15) is 0 Å². The van der Waals surface area contributed by atoms with Crippen LogP contribution in [0.15, 0.2) is 0 Å². The molecule has 4 heteroatoms. The molecule has 2 aromatic rings. The molecule has 0 N–H and O–H groups in total. The van der Waals surface area contributed by atoms with Crippen molar-refractivity contribution in [3.05, 3.63) is 22.0 Å². The van der Waals surface area contributed by atoms with Crippen LogP contribution in [0, 0.1) is 0 Å². The molecule has 1 aliphatic carbocycles. The third-order valence-corrected chi connectivity index (χ3v) is 6.31. The lowest BCUT2D eigenvalue weighted by Crippen LogP contribution is -2.34. The molecule has 2 bridgehead atoms. The van der Waals surface area contributed by atoms with Crippen LogP contribution in [0.4, 0.5) is 0 Å². The number of imidazole rings is 1. The molecule has 2 atom stereocenters. The summed E-state index contributed by atoms with van der Waals surface area (Å²) >= 11 is 1.94. The van der Waals surface area contributed by atoms with Gasteiger partial charge in [0.2, 0.25) is 0 Å². The van der Waals surface area contributed by atoms with Crippen molar-refractivity contribution in [3.8, 4) is 0 Å². The molecular formula is C14H17N3S. The third kappa shape index (κ3) is 1.03. The van der Waals surface area contributed by atoms with Gasteiger partial charge in [-0.2, -0.15) is 0 Å². The van der Waals surface area contributed by atoms with Gasteiger partial charge in [0.25, 0.3) is 0 Å². The highest BCUT2D eigenvalue weighted by atomic mass is 32.1. The van der Waals surface area contributed by atoms with Crippen LogP contribution in [0.5, 0.6) is 0 Å². The summed E-state index contributed by atoms with van der Waals surface area (Å²) in [5, 5.41) is 0. The van der Waals surface area contributed by atoms with E-state index in [4.69, 9.17) is 4.98 Å². The van der Waals surface area contributed by atoms with Crippen LogP contribution >= 0.6 is 11.3 Å². The minimum atomic E-state index is 0.632. The Labute approximate surface area is 110 Å². The fourth-order valence-electron chi connectivity index (χ4n) is 4.24. The molecule has 3 aliphatic rings. The zero-order valence-corrected chi connectivity index (χ0v) is 11.5. The van der Waals surface area contributed by atoms with Gasteiger partial charge in [0, 0.05) is 23.0 Å². The Kier molecular flexibility index (Phi) is 1.76. The predicted octanol–water partition coefficient (Wildman–Crippen LogP) is 2.58. The summed E-state index contributed by atoms with van der Waals surface area (Å²) in [5.41, 5.74) is 4.53. The van der Waals surface area contributed by atoms with E-state index in [0.717, 1.165) is 6.04 Å². The molecule has 2 aliphatic heterocycles. The molecule has 0 amide bonds. The molecule has 0 radical (unpaired) electrons. The quantitative estimate of drug-likeness (QED) is 0.725. The molecular weight excluding hydrogens is 242 g/mol. The van der Waals surface area contributed by atoms with Crippen molar-refractivity contribution in [2.24, 2.45) is 0 Å². The number of aromatic nitrogens is 2. The van der Waals surface area contributed by atoms with Crippen LogP contribution in [0.25, 0.3) is 4.96 Å². The Bertz CT molecular complexity index is 654. The van der Waals surface area contributed by atoms with Gasteiger partial charge in [-0.1, -0.05) is 0 Å². The zero-order chi connectivity index (χ0) is 11.9. The maximum absolute atomic E-state index is 4.95. The van der Waals surface area contributed by atoms with Crippen LogP contribution in [-0.4, -0.2) is 27.4 Å². The molecule has 5 rings (SSSR count). The Morgan fingerprint density at radius 1 is 1.28 bits per heavy atom. The molecule has 1 saturated heterocycles. The highest BCUT2D eigenvalue weighted by molar-refractivity contribution is 7.17. The topological polar surface area (TPSA) is 20.5 Å². The predicted molar refractivity (Wildman–Crippen MR) is 72.3 cm³/mol. The second-order valence-corrected chi connectivity index (χ2v) is 7.07. The molecule has 94 valence electrons. The van der Waals surface area contributed by atoms with Crippen LogP contribution in [-0.2, 0) is 19.3 Å². The molecule has 0 spiro atoms. The van der Waals surface area contributed by atoms with E-state index in [1.165, 1.54) is 49.2 Å². The van der Waals surface area contributed by atoms with Crippen molar-refractivity contribution in [1.29, 1.82) is 0 Å². The minimum Gasteiger partial charge on any atom is -0.294 e. The van der Waals surface area contributed by atoms with Crippen LogP contribution in [0.1, 0.15) is 47.3 Å². The monoisotopic (exact) mass is 259 g/mol. The number of fused-ring (bicyclic) bond motifs is 8. The molecule has 4 heterocycles. The first-order chi connectivity index (χ1) is 8.83. The van der Waals surface area contributed by atoms with Gasteiger partial charge in [0.1, 0.15) is 0 Å². The van der Waals surface area contributed by atoms with Crippen molar-refractivity contribution in [3.63, 3.8) is 0 Å². The summed E-state index contributed by atoms with van der Waals surface area (Å²) in [4.78, 5) is 10.4. The van der Waals surface area contributed by atoms with E-state index in [1.54, 1.807) is 16.3 Å². The average Bonchev–Trinajstić information content (AvgIpc) is 3.02. The average molecular weight is 259 g/mol. The second-order valence-electron chi connectivity index (χ2n) is 6.00. The lowest BCUT2D eigenvalue weighted by molar-refractivity contribution is 0.218. The molecule has 18 heavy (non-hydrogen) atoms. The van der Waals surface area contributed by atoms with Crippen LogP contribution < -0.4 is 0 Å². The summed E-state index contributed by atoms with van der Waals surface area (Å²) in [6.45, 7) is 0. The second kappa shape index (κ2) is 3.17. The Morgan fingerprint density at radius 3 is 3.17 bits per heavy atom. The number of aryl methyl sites for hydroxylation is 2. The Hall–Kier alpha value is -0.870. The zero-order valence-electron chi connectivity index (χ0n) is 10.6. The molecule has 0 saturated carbocycles. The Morgan fingerprint density at radius 2 is 2.22 bits per heavy atom. The van der Waals surface area contributed by atoms with Crippen LogP contribution in [0.2, 0.25) is 0 Å². The molecule has 2 unspecified atom stereocenters. The number of hydrogen-bond acceptors (Lipinski definition) is 3. The van der Waals surface area contributed by atoms with E-state index in [-0.39, 0.29) is 0 Å². The number of thiazole rings is 1. The summed E-state index contributed by atoms with van der Waals surface area (Å²) in [6.07, 6.45) is 7.73. The highest BCUT2D eigenvalue weighted by Crippen LogP contribution is 2.45. The van der Waals surface area contributed by atoms with Crippen molar-refractivity contribution in [1.82, 2.24) is 14.3 Å². The largest absolute Gasteiger partial charge is 0.294 e. The van der Waals surface area contributed by atoms with Gasteiger partial charge >= 0.3 is 0 Å². The van der Waals surface area contributed by atoms with Gasteiger partial charge in [-0.3, -0.25) is 9.30 Å². The maximum Gasteiger partial charge on any atom is 0.194 e. The summed E-state index contributed by atoms with van der Waals surface area (Å²) in [6, 6.07) is 1.38. The summed E-state index contributed by atoms with van der Waals surface area (Å²) < 4.78 is 2.53. The number of likely N-dealkylation sites (N-methyl/N-ethyl adjacent to an activating group) is 1. The number of hydrogen-bond donors (Lipinski definition) is 0.